The van der Waals surface area contributed by atoms with Crippen molar-refractivity contribution in [3.05, 3.63) is 12.7 Å². The highest BCUT2D eigenvalue weighted by atomic mass is 16.6. The van der Waals surface area contributed by atoms with Crippen LogP contribution in [-0.4, -0.2) is 114 Å². The summed E-state index contributed by atoms with van der Waals surface area (Å²) in [5.41, 5.74) is -0.668. The van der Waals surface area contributed by atoms with Crippen LogP contribution in [0.5, 0.6) is 0 Å². The van der Waals surface area contributed by atoms with Crippen LogP contribution in [0.3, 0.4) is 0 Å². The molecule has 1 fully saturated rings. The first-order valence-corrected chi connectivity index (χ1v) is 14.4. The molecular formula is C27H44N8O9. The quantitative estimate of drug-likeness (QED) is 0.157. The summed E-state index contributed by atoms with van der Waals surface area (Å²) in [6.45, 7) is 9.94. The molecule has 2 aromatic heterocycles. The Hall–Kier alpha value is -3.80. The van der Waals surface area contributed by atoms with Gasteiger partial charge >= 0.3 is 12.2 Å². The molecule has 17 heteroatoms. The molecule has 0 spiro atoms. The third kappa shape index (κ3) is 10.1. The largest absolute Gasteiger partial charge is 0.444 e. The summed E-state index contributed by atoms with van der Waals surface area (Å²) < 4.78 is 16.3. The van der Waals surface area contributed by atoms with Gasteiger partial charge in [0.1, 0.15) is 47.4 Å². The zero-order valence-electron chi connectivity index (χ0n) is 25.8. The van der Waals surface area contributed by atoms with Crippen LogP contribution in [0.1, 0.15) is 60.8 Å². The average molecular weight is 625 g/mol. The van der Waals surface area contributed by atoms with Crippen LogP contribution in [0.4, 0.5) is 15.4 Å². The van der Waals surface area contributed by atoms with E-state index in [-0.39, 0.29) is 18.8 Å². The molecular weight excluding hydrogens is 580 g/mol. The summed E-state index contributed by atoms with van der Waals surface area (Å²) in [5.74, 6) is -0.457. The SMILES string of the molecule is CC(C)(C)OC(=O)NCCCC[C@H](NC(=O)OC(C)(C)C)C(=O)N[C@@H]1[C@@H](O)[C@H](O)[C@@H](Nc2ncnc3nc[nH]c23)O[C@H]1CO. The Morgan fingerprint density at radius 1 is 1.00 bits per heavy atom. The number of hydrogen-bond acceptors (Lipinski definition) is 13. The lowest BCUT2D eigenvalue weighted by molar-refractivity contribution is -0.185. The molecule has 3 amide bonds. The number of fused-ring (bicyclic) bond motifs is 1. The van der Waals surface area contributed by atoms with Crippen molar-refractivity contribution in [2.45, 2.75) is 109 Å². The maximum atomic E-state index is 13.4. The fraction of sp³-hybridized carbons (Fsp3) is 0.704. The predicted octanol–water partition coefficient (Wildman–Crippen LogP) is 0.277. The Labute approximate surface area is 254 Å². The van der Waals surface area contributed by atoms with Crippen molar-refractivity contribution < 1.29 is 43.9 Å². The smallest absolute Gasteiger partial charge is 0.408 e. The first-order chi connectivity index (χ1) is 20.6. The molecule has 17 nitrogen and oxygen atoms in total. The minimum absolute atomic E-state index is 0.148. The molecule has 1 aliphatic heterocycles. The van der Waals surface area contributed by atoms with Crippen molar-refractivity contribution in [2.24, 2.45) is 0 Å². The summed E-state index contributed by atoms with van der Waals surface area (Å²) in [6.07, 6.45) is -3.21. The van der Waals surface area contributed by atoms with Crippen molar-refractivity contribution in [1.29, 1.82) is 0 Å². The normalized spacial score (nSPS) is 23.0. The number of rotatable bonds is 11. The molecule has 0 bridgehead atoms. The Bertz CT molecular complexity index is 1260. The van der Waals surface area contributed by atoms with E-state index in [4.69, 9.17) is 14.2 Å². The zero-order valence-corrected chi connectivity index (χ0v) is 25.8. The molecule has 6 atom stereocenters. The summed E-state index contributed by atoms with van der Waals surface area (Å²) in [7, 11) is 0. The number of carbonyl (C=O) groups is 3. The Morgan fingerprint density at radius 2 is 1.68 bits per heavy atom. The second-order valence-electron chi connectivity index (χ2n) is 12.4. The molecule has 2 aromatic rings. The second-order valence-corrected chi connectivity index (χ2v) is 12.4. The molecule has 0 unspecified atom stereocenters. The number of aromatic amines is 1. The van der Waals surface area contributed by atoms with Gasteiger partial charge in [-0.05, 0) is 60.8 Å². The molecule has 3 rings (SSSR count). The van der Waals surface area contributed by atoms with Crippen LogP contribution in [0, 0.1) is 0 Å². The minimum Gasteiger partial charge on any atom is -0.444 e. The molecule has 0 radical (unpaired) electrons. The van der Waals surface area contributed by atoms with Crippen molar-refractivity contribution in [1.82, 2.24) is 35.9 Å². The number of aliphatic hydroxyl groups excluding tert-OH is 3. The zero-order chi connectivity index (χ0) is 32.7. The molecule has 246 valence electrons. The topological polar surface area (TPSA) is 242 Å². The van der Waals surface area contributed by atoms with E-state index < -0.39 is 72.5 Å². The maximum absolute atomic E-state index is 13.4. The lowest BCUT2D eigenvalue weighted by atomic mass is 9.94. The van der Waals surface area contributed by atoms with Gasteiger partial charge in [0.2, 0.25) is 5.91 Å². The second kappa shape index (κ2) is 14.8. The van der Waals surface area contributed by atoms with Crippen LogP contribution in [0.25, 0.3) is 11.2 Å². The first-order valence-electron chi connectivity index (χ1n) is 14.4. The van der Waals surface area contributed by atoms with Gasteiger partial charge in [0.25, 0.3) is 0 Å². The van der Waals surface area contributed by atoms with Gasteiger partial charge < -0.3 is 55.8 Å². The van der Waals surface area contributed by atoms with E-state index in [1.807, 2.05) is 0 Å². The Kier molecular flexibility index (Phi) is 11.7. The molecule has 3 heterocycles. The van der Waals surface area contributed by atoms with Gasteiger partial charge in [0.15, 0.2) is 17.7 Å². The molecule has 8 N–H and O–H groups in total. The van der Waals surface area contributed by atoms with E-state index in [9.17, 15) is 29.7 Å². The molecule has 0 aliphatic carbocycles. The molecule has 1 saturated heterocycles. The highest BCUT2D eigenvalue weighted by Crippen LogP contribution is 2.25. The predicted molar refractivity (Wildman–Crippen MR) is 156 cm³/mol. The molecule has 0 saturated carbocycles. The lowest BCUT2D eigenvalue weighted by Gasteiger charge is -2.43. The first kappa shape index (κ1) is 34.7. The van der Waals surface area contributed by atoms with Crippen molar-refractivity contribution in [3.8, 4) is 0 Å². The minimum atomic E-state index is -1.58. The van der Waals surface area contributed by atoms with Gasteiger partial charge in [-0.25, -0.2) is 24.5 Å². The number of anilines is 1. The fourth-order valence-corrected chi connectivity index (χ4v) is 4.39. The third-order valence-corrected chi connectivity index (χ3v) is 6.34. The number of hydrogen-bond donors (Lipinski definition) is 8. The van der Waals surface area contributed by atoms with Gasteiger partial charge in [-0.1, -0.05) is 0 Å². The number of carbonyl (C=O) groups excluding carboxylic acids is 3. The van der Waals surface area contributed by atoms with E-state index in [1.54, 1.807) is 41.5 Å². The number of alkyl carbamates (subject to hydrolysis) is 2. The Morgan fingerprint density at radius 3 is 2.34 bits per heavy atom. The highest BCUT2D eigenvalue weighted by molar-refractivity contribution is 5.86. The summed E-state index contributed by atoms with van der Waals surface area (Å²) in [5, 5.41) is 42.6. The number of nitrogens with one attached hydrogen (secondary N) is 5. The van der Waals surface area contributed by atoms with Crippen molar-refractivity contribution in [2.75, 3.05) is 18.5 Å². The van der Waals surface area contributed by atoms with E-state index in [1.165, 1.54) is 12.7 Å². The monoisotopic (exact) mass is 624 g/mol. The fourth-order valence-electron chi connectivity index (χ4n) is 4.39. The highest BCUT2D eigenvalue weighted by Gasteiger charge is 2.46. The van der Waals surface area contributed by atoms with E-state index in [0.717, 1.165) is 0 Å². The third-order valence-electron chi connectivity index (χ3n) is 6.34. The van der Waals surface area contributed by atoms with Crippen molar-refractivity contribution in [3.63, 3.8) is 0 Å². The molecule has 1 aliphatic rings. The number of nitrogens with zero attached hydrogens (tertiary/aromatic N) is 3. The number of imidazole rings is 1. The number of amides is 3. The summed E-state index contributed by atoms with van der Waals surface area (Å²) in [4.78, 5) is 52.9. The summed E-state index contributed by atoms with van der Waals surface area (Å²) in [6, 6.07) is -2.35. The number of unbranched alkanes of at least 4 members (excludes halogenated alkanes) is 1. The molecule has 44 heavy (non-hydrogen) atoms. The number of aliphatic hydroxyl groups is 3. The Balaban J connectivity index is 1.64. The van der Waals surface area contributed by atoms with E-state index in [0.29, 0.717) is 24.0 Å². The summed E-state index contributed by atoms with van der Waals surface area (Å²) >= 11 is 0. The van der Waals surface area contributed by atoms with Crippen LogP contribution < -0.4 is 21.3 Å². The average Bonchev–Trinajstić information content (AvgIpc) is 3.40. The lowest BCUT2D eigenvalue weighted by Crippen LogP contribution is -2.67. The van der Waals surface area contributed by atoms with Gasteiger partial charge in [-0.15, -0.1) is 0 Å². The van der Waals surface area contributed by atoms with Crippen molar-refractivity contribution >= 4 is 35.1 Å². The van der Waals surface area contributed by atoms with Crippen LogP contribution in [0.2, 0.25) is 0 Å². The van der Waals surface area contributed by atoms with E-state index in [2.05, 4.69) is 41.2 Å². The number of H-pyrrole nitrogens is 1. The van der Waals surface area contributed by atoms with Gasteiger partial charge in [-0.2, -0.15) is 0 Å². The maximum Gasteiger partial charge on any atom is 0.408 e. The number of aromatic nitrogens is 4. The number of ether oxygens (including phenoxy) is 3. The van der Waals surface area contributed by atoms with Gasteiger partial charge in [0.05, 0.1) is 19.0 Å². The molecule has 0 aromatic carbocycles. The van der Waals surface area contributed by atoms with Crippen LogP contribution in [-0.2, 0) is 19.0 Å². The van der Waals surface area contributed by atoms with Gasteiger partial charge in [-0.3, -0.25) is 4.79 Å². The van der Waals surface area contributed by atoms with E-state index >= 15 is 0 Å². The standard InChI is InChI=1S/C27H44N8O9/c1-26(2,3)43-24(40)28-10-8-7-9-14(33-25(41)44-27(4,5)6)22(39)34-16-15(11-36)42-23(19(38)18(16)37)35-21-17-20(30-12-29-17)31-13-32-21/h12-16,18-19,23,36-38H,7-11H2,1-6H3,(H,28,40)(H,33,41)(H,34,39)(H2,29,30,31,32,35)/t14-,15-,16-,18+,19-,23-/m0/s1. The van der Waals surface area contributed by atoms with Crippen LogP contribution in [0.15, 0.2) is 12.7 Å². The van der Waals surface area contributed by atoms with Gasteiger partial charge in [0, 0.05) is 6.54 Å². The van der Waals surface area contributed by atoms with Crippen LogP contribution >= 0.6 is 0 Å².